The topological polar surface area (TPSA) is 79.6 Å². The Morgan fingerprint density at radius 3 is 2.33 bits per heavy atom. The molecule has 8 heteroatoms. The predicted molar refractivity (Wildman–Crippen MR) is 131 cm³/mol. The van der Waals surface area contributed by atoms with Gasteiger partial charge in [0.1, 0.15) is 6.54 Å². The van der Waals surface area contributed by atoms with E-state index in [0.717, 1.165) is 39.1 Å². The van der Waals surface area contributed by atoms with Crippen molar-refractivity contribution in [2.45, 2.75) is 26.4 Å². The Morgan fingerprint density at radius 2 is 1.61 bits per heavy atom. The first-order valence-corrected chi connectivity index (χ1v) is 11.6. The van der Waals surface area contributed by atoms with Crippen LogP contribution in [-0.2, 0) is 17.9 Å². The van der Waals surface area contributed by atoms with E-state index in [1.165, 1.54) is 14.8 Å². The van der Waals surface area contributed by atoms with Gasteiger partial charge < -0.3 is 10.2 Å². The van der Waals surface area contributed by atoms with Crippen LogP contribution in [0.1, 0.15) is 13.3 Å². The normalized spacial score (nSPS) is 14.5. The van der Waals surface area contributed by atoms with Gasteiger partial charge in [-0.2, -0.15) is 0 Å². The van der Waals surface area contributed by atoms with Gasteiger partial charge in [0, 0.05) is 45.0 Å². The second-order valence-electron chi connectivity index (χ2n) is 8.30. The lowest BCUT2D eigenvalue weighted by Crippen LogP contribution is -2.47. The van der Waals surface area contributed by atoms with Crippen molar-refractivity contribution < 1.29 is 4.79 Å². The van der Waals surface area contributed by atoms with Crippen molar-refractivity contribution in [3.63, 3.8) is 0 Å². The van der Waals surface area contributed by atoms with Crippen LogP contribution in [0.4, 0.5) is 5.69 Å². The molecule has 1 saturated heterocycles. The summed E-state index contributed by atoms with van der Waals surface area (Å²) in [5, 5.41) is 3.37. The first-order valence-electron chi connectivity index (χ1n) is 11.6. The third-order valence-electron chi connectivity index (χ3n) is 6.22. The molecule has 0 bridgehead atoms. The molecule has 4 rings (SSSR count). The van der Waals surface area contributed by atoms with E-state index < -0.39 is 5.69 Å². The summed E-state index contributed by atoms with van der Waals surface area (Å²) >= 11 is 0. The molecule has 1 N–H and O–H groups in total. The Hall–Kier alpha value is -3.39. The van der Waals surface area contributed by atoms with Crippen molar-refractivity contribution in [3.05, 3.63) is 75.4 Å². The highest BCUT2D eigenvalue weighted by molar-refractivity contribution is 5.81. The number of piperazine rings is 1. The molecule has 1 aromatic heterocycles. The van der Waals surface area contributed by atoms with E-state index in [1.54, 1.807) is 31.2 Å². The van der Waals surface area contributed by atoms with Crippen LogP contribution in [0.25, 0.3) is 10.9 Å². The van der Waals surface area contributed by atoms with Crippen LogP contribution in [0.3, 0.4) is 0 Å². The lowest BCUT2D eigenvalue weighted by molar-refractivity contribution is -0.121. The average molecular weight is 450 g/mol. The molecule has 2 aromatic carbocycles. The van der Waals surface area contributed by atoms with Crippen LogP contribution in [0.2, 0.25) is 0 Å². The maximum Gasteiger partial charge on any atom is 0.331 e. The van der Waals surface area contributed by atoms with Gasteiger partial charge in [-0.1, -0.05) is 30.3 Å². The number of fused-ring (bicyclic) bond motifs is 1. The van der Waals surface area contributed by atoms with Crippen LogP contribution in [0.5, 0.6) is 0 Å². The summed E-state index contributed by atoms with van der Waals surface area (Å²) in [7, 11) is 0. The maximum atomic E-state index is 12.8. The molecule has 2 heterocycles. The Kier molecular flexibility index (Phi) is 7.24. The van der Waals surface area contributed by atoms with Crippen LogP contribution in [-0.4, -0.2) is 59.2 Å². The number of carbonyl (C=O) groups is 1. The van der Waals surface area contributed by atoms with E-state index in [2.05, 4.69) is 39.4 Å². The molecular formula is C25H31N5O3. The molecule has 0 aliphatic carbocycles. The zero-order chi connectivity index (χ0) is 23.2. The number of para-hydroxylation sites is 2. The minimum Gasteiger partial charge on any atom is -0.369 e. The number of nitrogens with zero attached hydrogens (tertiary/aromatic N) is 4. The highest BCUT2D eigenvalue weighted by Gasteiger charge is 2.17. The molecule has 0 spiro atoms. The molecule has 3 aromatic rings. The summed E-state index contributed by atoms with van der Waals surface area (Å²) in [5.74, 6) is -0.225. The van der Waals surface area contributed by atoms with Crippen LogP contribution in [0.15, 0.2) is 64.2 Å². The van der Waals surface area contributed by atoms with E-state index in [9.17, 15) is 14.4 Å². The van der Waals surface area contributed by atoms with E-state index in [0.29, 0.717) is 17.4 Å². The van der Waals surface area contributed by atoms with Gasteiger partial charge in [0.2, 0.25) is 5.91 Å². The fourth-order valence-corrected chi connectivity index (χ4v) is 4.40. The predicted octanol–water partition coefficient (Wildman–Crippen LogP) is 1.51. The van der Waals surface area contributed by atoms with Crippen molar-refractivity contribution in [2.75, 3.05) is 44.2 Å². The number of amides is 1. The van der Waals surface area contributed by atoms with E-state index in [4.69, 9.17) is 0 Å². The highest BCUT2D eigenvalue weighted by Crippen LogP contribution is 2.15. The standard InChI is InChI=1S/C25H31N5O3/c1-2-29-24(32)21-11-6-7-12-22(21)30(25(29)33)19-23(31)26-13-8-14-27-15-17-28(18-16-27)20-9-4-3-5-10-20/h3-7,9-12H,2,8,13-19H2,1H3,(H,26,31). The van der Waals surface area contributed by atoms with Gasteiger partial charge >= 0.3 is 5.69 Å². The number of nitrogens with one attached hydrogen (secondary N) is 1. The van der Waals surface area contributed by atoms with Crippen molar-refractivity contribution in [2.24, 2.45) is 0 Å². The van der Waals surface area contributed by atoms with Gasteiger partial charge in [0.05, 0.1) is 10.9 Å². The van der Waals surface area contributed by atoms with E-state index in [-0.39, 0.29) is 24.6 Å². The molecule has 0 saturated carbocycles. The summed E-state index contributed by atoms with van der Waals surface area (Å²) in [6.07, 6.45) is 0.848. The van der Waals surface area contributed by atoms with Crippen LogP contribution < -0.4 is 21.5 Å². The third-order valence-corrected chi connectivity index (χ3v) is 6.22. The summed E-state index contributed by atoms with van der Waals surface area (Å²) in [5.41, 5.74) is 0.986. The number of aromatic nitrogens is 2. The third kappa shape index (κ3) is 5.17. The molecule has 0 radical (unpaired) electrons. The van der Waals surface area contributed by atoms with Gasteiger partial charge in [-0.25, -0.2) is 4.79 Å². The van der Waals surface area contributed by atoms with Crippen molar-refractivity contribution in [1.29, 1.82) is 0 Å². The number of rotatable bonds is 8. The van der Waals surface area contributed by atoms with Crippen LogP contribution >= 0.6 is 0 Å². The monoisotopic (exact) mass is 449 g/mol. The fraction of sp³-hybridized carbons (Fsp3) is 0.400. The number of benzene rings is 2. The smallest absolute Gasteiger partial charge is 0.331 e. The molecule has 1 aliphatic heterocycles. The molecule has 0 unspecified atom stereocenters. The summed E-state index contributed by atoms with van der Waals surface area (Å²) < 4.78 is 2.56. The summed E-state index contributed by atoms with van der Waals surface area (Å²) in [6.45, 7) is 7.40. The maximum absolute atomic E-state index is 12.8. The van der Waals surface area contributed by atoms with Gasteiger partial charge in [0.15, 0.2) is 0 Å². The van der Waals surface area contributed by atoms with Crippen molar-refractivity contribution >= 4 is 22.5 Å². The van der Waals surface area contributed by atoms with Gasteiger partial charge in [0.25, 0.3) is 5.56 Å². The van der Waals surface area contributed by atoms with Gasteiger partial charge in [-0.15, -0.1) is 0 Å². The molecule has 1 fully saturated rings. The lowest BCUT2D eigenvalue weighted by atomic mass is 10.2. The Morgan fingerprint density at radius 1 is 0.909 bits per heavy atom. The van der Waals surface area contributed by atoms with E-state index in [1.807, 2.05) is 6.07 Å². The number of hydrogen-bond donors (Lipinski definition) is 1. The molecule has 174 valence electrons. The van der Waals surface area contributed by atoms with Crippen molar-refractivity contribution in [1.82, 2.24) is 19.4 Å². The van der Waals surface area contributed by atoms with Crippen LogP contribution in [0, 0.1) is 0 Å². The highest BCUT2D eigenvalue weighted by atomic mass is 16.2. The minimum atomic E-state index is -0.451. The molecule has 1 amide bonds. The number of anilines is 1. The number of carbonyl (C=O) groups excluding carboxylic acids is 1. The second-order valence-corrected chi connectivity index (χ2v) is 8.30. The Labute approximate surface area is 193 Å². The molecule has 0 atom stereocenters. The average Bonchev–Trinajstić information content (AvgIpc) is 2.86. The first-order chi connectivity index (χ1) is 16.1. The van der Waals surface area contributed by atoms with Gasteiger partial charge in [-0.3, -0.25) is 23.6 Å². The number of hydrogen-bond acceptors (Lipinski definition) is 5. The molecule has 1 aliphatic rings. The Balaban J connectivity index is 1.27. The summed E-state index contributed by atoms with van der Waals surface area (Å²) in [4.78, 5) is 42.7. The summed E-state index contributed by atoms with van der Waals surface area (Å²) in [6, 6.07) is 17.4. The SMILES string of the molecule is CCn1c(=O)c2ccccc2n(CC(=O)NCCCN2CCN(c3ccccc3)CC2)c1=O. The van der Waals surface area contributed by atoms with E-state index >= 15 is 0 Å². The zero-order valence-electron chi connectivity index (χ0n) is 19.1. The largest absolute Gasteiger partial charge is 0.369 e. The fourth-order valence-electron chi connectivity index (χ4n) is 4.40. The Bertz CT molecular complexity index is 1210. The lowest BCUT2D eigenvalue weighted by Gasteiger charge is -2.36. The molecular weight excluding hydrogens is 418 g/mol. The minimum absolute atomic E-state index is 0.102. The molecule has 33 heavy (non-hydrogen) atoms. The quantitative estimate of drug-likeness (QED) is 0.528. The molecule has 8 nitrogen and oxygen atoms in total. The first kappa shape index (κ1) is 22.8. The van der Waals surface area contributed by atoms with Gasteiger partial charge in [-0.05, 0) is 44.2 Å². The van der Waals surface area contributed by atoms with Crippen molar-refractivity contribution in [3.8, 4) is 0 Å². The zero-order valence-corrected chi connectivity index (χ0v) is 19.1. The second kappa shape index (κ2) is 10.5.